The van der Waals surface area contributed by atoms with Crippen molar-refractivity contribution in [1.29, 1.82) is 0 Å². The van der Waals surface area contributed by atoms with Gasteiger partial charge in [0.25, 0.3) is 11.8 Å². The molecule has 0 radical (unpaired) electrons. The molecule has 0 bridgehead atoms. The van der Waals surface area contributed by atoms with Crippen molar-refractivity contribution in [3.63, 3.8) is 0 Å². The summed E-state index contributed by atoms with van der Waals surface area (Å²) in [5.41, 5.74) is 2.74. The Morgan fingerprint density at radius 2 is 1.88 bits per heavy atom. The molecule has 2 aliphatic rings. The lowest BCUT2D eigenvalue weighted by molar-refractivity contribution is -0.0202. The number of fused-ring (bicyclic) bond motifs is 1. The zero-order chi connectivity index (χ0) is 23.2. The minimum atomic E-state index is -0.431. The highest BCUT2D eigenvalue weighted by Crippen LogP contribution is 2.44. The average molecular weight is 447 g/mol. The van der Waals surface area contributed by atoms with E-state index in [4.69, 9.17) is 0 Å². The Morgan fingerprint density at radius 3 is 2.64 bits per heavy atom. The number of aromatic nitrogens is 2. The molecule has 1 aromatic carbocycles. The van der Waals surface area contributed by atoms with Crippen LogP contribution in [0.5, 0.6) is 0 Å². The maximum absolute atomic E-state index is 14.0. The fourth-order valence-corrected chi connectivity index (χ4v) is 5.20. The molecule has 33 heavy (non-hydrogen) atoms. The zero-order valence-corrected chi connectivity index (χ0v) is 18.9. The predicted molar refractivity (Wildman–Crippen MR) is 123 cm³/mol. The molecule has 170 valence electrons. The molecule has 2 amide bonds. The molecule has 2 aromatic heterocycles. The van der Waals surface area contributed by atoms with Crippen molar-refractivity contribution in [2.75, 3.05) is 13.1 Å². The summed E-state index contributed by atoms with van der Waals surface area (Å²) in [6, 6.07) is 8.30. The molecule has 1 saturated carbocycles. The summed E-state index contributed by atoms with van der Waals surface area (Å²) >= 11 is 0. The van der Waals surface area contributed by atoms with Gasteiger partial charge >= 0.3 is 0 Å². The van der Waals surface area contributed by atoms with Crippen molar-refractivity contribution < 1.29 is 14.0 Å². The molecule has 1 saturated heterocycles. The lowest BCUT2D eigenvalue weighted by atomic mass is 9.67. The molecule has 5 rings (SSSR count). The molecular weight excluding hydrogens is 419 g/mol. The summed E-state index contributed by atoms with van der Waals surface area (Å²) in [5, 5.41) is 4.40. The number of hydrogen-bond donors (Lipinski definition) is 1. The first-order valence-corrected chi connectivity index (χ1v) is 11.4. The van der Waals surface area contributed by atoms with Crippen LogP contribution in [0.15, 0.2) is 42.7 Å². The molecule has 2 fully saturated rings. The number of halogens is 1. The second kappa shape index (κ2) is 8.21. The van der Waals surface area contributed by atoms with Crippen LogP contribution in [-0.2, 0) is 0 Å². The third-order valence-electron chi connectivity index (χ3n) is 7.13. The Bertz CT molecular complexity index is 1240. The van der Waals surface area contributed by atoms with Crippen LogP contribution in [-0.4, -0.2) is 45.8 Å². The van der Waals surface area contributed by atoms with Gasteiger partial charge in [-0.15, -0.1) is 0 Å². The second-order valence-electron chi connectivity index (χ2n) is 9.58. The van der Waals surface area contributed by atoms with Crippen LogP contribution in [0.3, 0.4) is 0 Å². The number of pyridine rings is 2. The van der Waals surface area contributed by atoms with Gasteiger partial charge in [-0.05, 0) is 74.7 Å². The Balaban J connectivity index is 1.19. The van der Waals surface area contributed by atoms with E-state index in [1.54, 1.807) is 18.5 Å². The van der Waals surface area contributed by atoms with E-state index in [1.807, 2.05) is 30.9 Å². The fraction of sp³-hybridized carbons (Fsp3) is 0.385. The van der Waals surface area contributed by atoms with Gasteiger partial charge in [0.2, 0.25) is 0 Å². The number of likely N-dealkylation sites (tertiary alicyclic amines) is 1. The van der Waals surface area contributed by atoms with Gasteiger partial charge in [0.1, 0.15) is 11.5 Å². The Kier molecular flexibility index (Phi) is 5.35. The van der Waals surface area contributed by atoms with Gasteiger partial charge in [0, 0.05) is 48.0 Å². The number of carbonyl (C=O) groups is 2. The molecular formula is C26H27FN4O2. The normalized spacial score (nSPS) is 17.7. The molecule has 1 N–H and O–H groups in total. The number of amides is 2. The maximum atomic E-state index is 14.0. The summed E-state index contributed by atoms with van der Waals surface area (Å²) in [4.78, 5) is 36.2. The number of benzene rings is 1. The SMILES string of the molecule is Cc1ccc(C)c(C(=O)N2CC3(CCC(NC(=O)c4cc(F)cc5ccncc45)CC3)C2)n1. The molecule has 1 aliphatic carbocycles. The Labute approximate surface area is 192 Å². The minimum absolute atomic E-state index is 0.00356. The number of aryl methyl sites for hydroxylation is 2. The van der Waals surface area contributed by atoms with E-state index in [0.29, 0.717) is 22.0 Å². The molecule has 1 aliphatic heterocycles. The molecule has 7 heteroatoms. The van der Waals surface area contributed by atoms with Gasteiger partial charge in [-0.3, -0.25) is 14.6 Å². The van der Waals surface area contributed by atoms with E-state index in [2.05, 4.69) is 15.3 Å². The molecule has 3 aromatic rings. The highest BCUT2D eigenvalue weighted by atomic mass is 19.1. The van der Waals surface area contributed by atoms with Crippen molar-refractivity contribution in [2.45, 2.75) is 45.6 Å². The van der Waals surface area contributed by atoms with Crippen LogP contribution in [0, 0.1) is 25.1 Å². The third kappa shape index (κ3) is 4.08. The largest absolute Gasteiger partial charge is 0.349 e. The van der Waals surface area contributed by atoms with E-state index in [0.717, 1.165) is 50.0 Å². The summed E-state index contributed by atoms with van der Waals surface area (Å²) < 4.78 is 14.0. The number of nitrogens with one attached hydrogen (secondary N) is 1. The van der Waals surface area contributed by atoms with Crippen LogP contribution in [0.25, 0.3) is 10.8 Å². The van der Waals surface area contributed by atoms with Crippen LogP contribution in [0.4, 0.5) is 4.39 Å². The summed E-state index contributed by atoms with van der Waals surface area (Å²) in [7, 11) is 0. The average Bonchev–Trinajstić information content (AvgIpc) is 2.78. The predicted octanol–water partition coefficient (Wildman–Crippen LogP) is 4.20. The van der Waals surface area contributed by atoms with Crippen molar-refractivity contribution in [3.8, 4) is 0 Å². The van der Waals surface area contributed by atoms with Crippen LogP contribution in [0.2, 0.25) is 0 Å². The highest BCUT2D eigenvalue weighted by molar-refractivity contribution is 6.06. The van der Waals surface area contributed by atoms with Gasteiger partial charge in [-0.2, -0.15) is 0 Å². The van der Waals surface area contributed by atoms with Gasteiger partial charge in [0.15, 0.2) is 0 Å². The van der Waals surface area contributed by atoms with E-state index in [9.17, 15) is 14.0 Å². The summed E-state index contributed by atoms with van der Waals surface area (Å²) in [5.74, 6) is -0.692. The first kappa shape index (κ1) is 21.5. The molecule has 1 spiro atoms. The second-order valence-corrected chi connectivity index (χ2v) is 9.58. The number of hydrogen-bond acceptors (Lipinski definition) is 4. The van der Waals surface area contributed by atoms with Crippen LogP contribution < -0.4 is 5.32 Å². The topological polar surface area (TPSA) is 75.2 Å². The van der Waals surface area contributed by atoms with E-state index >= 15 is 0 Å². The quantitative estimate of drug-likeness (QED) is 0.654. The van der Waals surface area contributed by atoms with E-state index < -0.39 is 5.82 Å². The van der Waals surface area contributed by atoms with Crippen LogP contribution in [0.1, 0.15) is 57.8 Å². The van der Waals surface area contributed by atoms with Gasteiger partial charge in [-0.1, -0.05) is 6.07 Å². The number of carbonyl (C=O) groups excluding carboxylic acids is 2. The van der Waals surface area contributed by atoms with Crippen molar-refractivity contribution >= 4 is 22.6 Å². The first-order chi connectivity index (χ1) is 15.8. The maximum Gasteiger partial charge on any atom is 0.272 e. The molecule has 6 nitrogen and oxygen atoms in total. The minimum Gasteiger partial charge on any atom is -0.349 e. The molecule has 0 unspecified atom stereocenters. The number of rotatable bonds is 3. The fourth-order valence-electron chi connectivity index (χ4n) is 5.20. The van der Waals surface area contributed by atoms with E-state index in [-0.39, 0.29) is 23.3 Å². The lowest BCUT2D eigenvalue weighted by Crippen LogP contribution is -2.60. The smallest absolute Gasteiger partial charge is 0.272 e. The van der Waals surface area contributed by atoms with E-state index in [1.165, 1.54) is 12.1 Å². The van der Waals surface area contributed by atoms with Gasteiger partial charge in [0.05, 0.1) is 5.56 Å². The van der Waals surface area contributed by atoms with Crippen molar-refractivity contribution in [1.82, 2.24) is 20.2 Å². The Morgan fingerprint density at radius 1 is 1.12 bits per heavy atom. The molecule has 0 atom stereocenters. The first-order valence-electron chi connectivity index (χ1n) is 11.4. The zero-order valence-electron chi connectivity index (χ0n) is 18.9. The van der Waals surface area contributed by atoms with Gasteiger partial charge < -0.3 is 10.2 Å². The standard InChI is InChI=1S/C26H27FN4O2/c1-16-3-4-17(2)29-23(16)25(33)31-14-26(15-31)8-5-20(6-9-26)30-24(32)21-12-19(27)11-18-7-10-28-13-22(18)21/h3-4,7,10-13,20H,5-6,8-9,14-15H2,1-2H3,(H,30,32). The third-order valence-corrected chi connectivity index (χ3v) is 7.13. The van der Waals surface area contributed by atoms with Gasteiger partial charge in [-0.25, -0.2) is 9.37 Å². The highest BCUT2D eigenvalue weighted by Gasteiger charge is 2.47. The number of nitrogens with zero attached hydrogens (tertiary/aromatic N) is 3. The molecule has 3 heterocycles. The van der Waals surface area contributed by atoms with Crippen LogP contribution >= 0.6 is 0 Å². The summed E-state index contributed by atoms with van der Waals surface area (Å²) in [6.45, 7) is 5.29. The van der Waals surface area contributed by atoms with Crippen molar-refractivity contribution in [3.05, 3.63) is 71.1 Å². The van der Waals surface area contributed by atoms with Crippen molar-refractivity contribution in [2.24, 2.45) is 5.41 Å². The Hall–Kier alpha value is -3.35. The lowest BCUT2D eigenvalue weighted by Gasteiger charge is -2.53. The summed E-state index contributed by atoms with van der Waals surface area (Å²) in [6.07, 6.45) is 6.79. The monoisotopic (exact) mass is 446 g/mol.